The van der Waals surface area contributed by atoms with Gasteiger partial charge in [0, 0.05) is 5.41 Å². The fourth-order valence-electron chi connectivity index (χ4n) is 0.934. The second-order valence-corrected chi connectivity index (χ2v) is 3.93. The van der Waals surface area contributed by atoms with E-state index in [-0.39, 0.29) is 17.0 Å². The summed E-state index contributed by atoms with van der Waals surface area (Å²) in [5, 5.41) is 2.76. The zero-order valence-corrected chi connectivity index (χ0v) is 8.74. The number of methoxy groups -OCH3 is 1. The first kappa shape index (κ1) is 10.6. The number of ether oxygens (including phenoxy) is 1. The Morgan fingerprint density at radius 3 is 2.50 bits per heavy atom. The number of rotatable bonds is 2. The first-order valence-electron chi connectivity index (χ1n) is 4.24. The van der Waals surface area contributed by atoms with Crippen LogP contribution in [0.1, 0.15) is 26.6 Å². The number of aromatic nitrogens is 2. The predicted octanol–water partition coefficient (Wildman–Crippen LogP) is 2.18. The summed E-state index contributed by atoms with van der Waals surface area (Å²) in [4.78, 5) is 18.5. The molecule has 0 saturated heterocycles. The van der Waals surface area contributed by atoms with E-state index in [1.807, 2.05) is 20.8 Å². The average molecular weight is 195 g/mol. The lowest BCUT2D eigenvalue weighted by atomic mass is 9.96. The van der Waals surface area contributed by atoms with Gasteiger partial charge in [0.05, 0.1) is 13.3 Å². The number of hydrogen-bond acceptors (Lipinski definition) is 5. The fourth-order valence-corrected chi connectivity index (χ4v) is 0.934. The van der Waals surface area contributed by atoms with E-state index >= 15 is 0 Å². The molecule has 0 fully saturated rings. The second kappa shape index (κ2) is 3.69. The molecule has 0 atom stereocenters. The van der Waals surface area contributed by atoms with Crippen molar-refractivity contribution in [2.45, 2.75) is 26.2 Å². The molecule has 0 saturated carbocycles. The van der Waals surface area contributed by atoms with Crippen molar-refractivity contribution in [1.82, 2.24) is 9.97 Å². The summed E-state index contributed by atoms with van der Waals surface area (Å²) < 4.78 is 4.93. The van der Waals surface area contributed by atoms with Crippen LogP contribution in [0.5, 0.6) is 5.88 Å². The van der Waals surface area contributed by atoms with Crippen LogP contribution in [-0.4, -0.2) is 17.1 Å². The van der Waals surface area contributed by atoms with Crippen LogP contribution in [0.3, 0.4) is 0 Å². The van der Waals surface area contributed by atoms with Gasteiger partial charge in [-0.05, 0) is 5.18 Å². The van der Waals surface area contributed by atoms with Gasteiger partial charge in [-0.1, -0.05) is 20.8 Å². The molecule has 0 aliphatic heterocycles. The molecule has 0 spiro atoms. The maximum Gasteiger partial charge on any atom is 0.246 e. The minimum atomic E-state index is -0.172. The minimum absolute atomic E-state index is 0.125. The molecule has 0 aliphatic rings. The summed E-state index contributed by atoms with van der Waals surface area (Å²) in [5.74, 6) is 0.849. The summed E-state index contributed by atoms with van der Waals surface area (Å²) in [6.07, 6.45) is 1.37. The van der Waals surface area contributed by atoms with Gasteiger partial charge < -0.3 is 4.74 Å². The van der Waals surface area contributed by atoms with E-state index < -0.39 is 0 Å². The van der Waals surface area contributed by atoms with Crippen LogP contribution in [0.15, 0.2) is 11.4 Å². The van der Waals surface area contributed by atoms with Crippen molar-refractivity contribution < 1.29 is 4.74 Å². The van der Waals surface area contributed by atoms with Crippen molar-refractivity contribution in [2.75, 3.05) is 7.11 Å². The third kappa shape index (κ3) is 2.04. The van der Waals surface area contributed by atoms with Gasteiger partial charge in [0.25, 0.3) is 0 Å². The quantitative estimate of drug-likeness (QED) is 0.678. The predicted molar refractivity (Wildman–Crippen MR) is 52.7 cm³/mol. The molecule has 1 heterocycles. The van der Waals surface area contributed by atoms with Crippen LogP contribution in [0.2, 0.25) is 0 Å². The topological polar surface area (TPSA) is 64.4 Å². The first-order chi connectivity index (χ1) is 6.49. The lowest BCUT2D eigenvalue weighted by Gasteiger charge is -2.16. The van der Waals surface area contributed by atoms with Gasteiger partial charge in [0.15, 0.2) is 5.69 Å². The van der Waals surface area contributed by atoms with Gasteiger partial charge in [0.1, 0.15) is 5.82 Å². The van der Waals surface area contributed by atoms with E-state index in [9.17, 15) is 4.91 Å². The highest BCUT2D eigenvalue weighted by Gasteiger charge is 2.19. The van der Waals surface area contributed by atoms with Gasteiger partial charge in [-0.15, -0.1) is 4.91 Å². The molecule has 1 rings (SSSR count). The summed E-state index contributed by atoms with van der Waals surface area (Å²) in [6.45, 7) is 5.95. The zero-order chi connectivity index (χ0) is 10.8. The molecule has 0 aromatic carbocycles. The van der Waals surface area contributed by atoms with E-state index in [1.54, 1.807) is 0 Å². The van der Waals surface area contributed by atoms with E-state index in [1.165, 1.54) is 13.3 Å². The molecule has 14 heavy (non-hydrogen) atoms. The number of nitroso groups, excluding NO2 is 1. The van der Waals surface area contributed by atoms with Crippen LogP contribution in [-0.2, 0) is 5.41 Å². The van der Waals surface area contributed by atoms with Gasteiger partial charge in [-0.2, -0.15) is 4.98 Å². The largest absolute Gasteiger partial charge is 0.479 e. The average Bonchev–Trinajstić information content (AvgIpc) is 2.15. The Morgan fingerprint density at radius 1 is 1.43 bits per heavy atom. The molecule has 1 aromatic rings. The summed E-state index contributed by atoms with van der Waals surface area (Å²) >= 11 is 0. The van der Waals surface area contributed by atoms with Gasteiger partial charge in [0.2, 0.25) is 5.88 Å². The summed E-state index contributed by atoms with van der Waals surface area (Å²) in [7, 11) is 1.45. The third-order valence-electron chi connectivity index (χ3n) is 1.70. The van der Waals surface area contributed by atoms with Crippen LogP contribution in [0.25, 0.3) is 0 Å². The lowest BCUT2D eigenvalue weighted by Crippen LogP contribution is -2.16. The van der Waals surface area contributed by atoms with Gasteiger partial charge >= 0.3 is 0 Å². The maximum atomic E-state index is 10.3. The molecule has 0 unspecified atom stereocenters. The Hall–Kier alpha value is -1.52. The zero-order valence-electron chi connectivity index (χ0n) is 8.74. The van der Waals surface area contributed by atoms with Gasteiger partial charge in [-0.3, -0.25) is 0 Å². The highest BCUT2D eigenvalue weighted by atomic mass is 16.5. The molecule has 1 aromatic heterocycles. The Labute approximate surface area is 82.5 Å². The second-order valence-electron chi connectivity index (χ2n) is 3.93. The Balaban J connectivity index is 3.21. The summed E-state index contributed by atoms with van der Waals surface area (Å²) in [5.41, 5.74) is -0.0465. The smallest absolute Gasteiger partial charge is 0.246 e. The molecule has 0 aliphatic carbocycles. The summed E-state index contributed by atoms with van der Waals surface area (Å²) in [6, 6.07) is 0. The number of nitrogens with zero attached hydrogens (tertiary/aromatic N) is 3. The number of hydrogen-bond donors (Lipinski definition) is 0. The Kier molecular flexibility index (Phi) is 2.78. The standard InChI is InChI=1S/C9H13N3O2/c1-9(2,3)8-10-5-6(12-13)7(11-8)14-4/h5H,1-4H3. The van der Waals surface area contributed by atoms with Crippen LogP contribution in [0.4, 0.5) is 5.69 Å². The molecule has 0 amide bonds. The first-order valence-corrected chi connectivity index (χ1v) is 4.24. The van der Waals surface area contributed by atoms with Crippen molar-refractivity contribution in [1.29, 1.82) is 0 Å². The molecular formula is C9H13N3O2. The van der Waals surface area contributed by atoms with Crippen LogP contribution in [0, 0.1) is 4.91 Å². The normalized spacial score (nSPS) is 11.1. The minimum Gasteiger partial charge on any atom is -0.479 e. The van der Waals surface area contributed by atoms with Crippen molar-refractivity contribution in [2.24, 2.45) is 5.18 Å². The molecule has 76 valence electrons. The molecule has 0 N–H and O–H groups in total. The van der Waals surface area contributed by atoms with E-state index in [4.69, 9.17) is 4.74 Å². The highest BCUT2D eigenvalue weighted by Crippen LogP contribution is 2.27. The molecule has 0 bridgehead atoms. The molecule has 0 radical (unpaired) electrons. The lowest BCUT2D eigenvalue weighted by molar-refractivity contribution is 0.390. The van der Waals surface area contributed by atoms with Crippen molar-refractivity contribution >= 4 is 5.69 Å². The molecular weight excluding hydrogens is 182 g/mol. The van der Waals surface area contributed by atoms with Gasteiger partial charge in [-0.25, -0.2) is 4.98 Å². The van der Waals surface area contributed by atoms with Crippen LogP contribution >= 0.6 is 0 Å². The van der Waals surface area contributed by atoms with Crippen molar-refractivity contribution in [3.63, 3.8) is 0 Å². The van der Waals surface area contributed by atoms with E-state index in [0.29, 0.717) is 5.82 Å². The Bertz CT molecular complexity index is 344. The molecule has 5 nitrogen and oxygen atoms in total. The van der Waals surface area contributed by atoms with E-state index in [0.717, 1.165) is 0 Å². The highest BCUT2D eigenvalue weighted by molar-refractivity contribution is 5.44. The molecule has 5 heteroatoms. The van der Waals surface area contributed by atoms with Crippen molar-refractivity contribution in [3.05, 3.63) is 16.9 Å². The third-order valence-corrected chi connectivity index (χ3v) is 1.70. The SMILES string of the molecule is COc1nc(C(C)(C)C)ncc1N=O. The van der Waals surface area contributed by atoms with E-state index in [2.05, 4.69) is 15.1 Å². The monoisotopic (exact) mass is 195 g/mol. The van der Waals surface area contributed by atoms with Crippen molar-refractivity contribution in [3.8, 4) is 5.88 Å². The Morgan fingerprint density at radius 2 is 2.07 bits per heavy atom. The fraction of sp³-hybridized carbons (Fsp3) is 0.556. The maximum absolute atomic E-state index is 10.3. The van der Waals surface area contributed by atoms with Crippen LogP contribution < -0.4 is 4.74 Å².